The average molecular weight is 281 g/mol. The molecule has 0 saturated heterocycles. The highest BCUT2D eigenvalue weighted by molar-refractivity contribution is 6.32. The van der Waals surface area contributed by atoms with Crippen molar-refractivity contribution in [3.8, 4) is 5.75 Å². The zero-order valence-corrected chi connectivity index (χ0v) is 10.9. The molecule has 1 aromatic heterocycles. The number of halogens is 1. The van der Waals surface area contributed by atoms with Gasteiger partial charge in [0.25, 0.3) is 0 Å². The standard InChI is InChI=1S/C13H13ClN2O3/c14-11-4-1-3-10(13(17)18)12(11)19-8-2-6-16-7-5-15-9-16/h1,3-5,7,9H,2,6,8H2,(H,17,18). The van der Waals surface area contributed by atoms with Crippen molar-refractivity contribution in [3.05, 3.63) is 47.5 Å². The van der Waals surface area contributed by atoms with Crippen LogP contribution in [0.15, 0.2) is 36.9 Å². The summed E-state index contributed by atoms with van der Waals surface area (Å²) >= 11 is 5.95. The fraction of sp³-hybridized carbons (Fsp3) is 0.231. The SMILES string of the molecule is O=C(O)c1cccc(Cl)c1OCCCn1ccnc1. The first kappa shape index (κ1) is 13.4. The molecule has 0 aliphatic heterocycles. The molecule has 0 aliphatic rings. The zero-order chi connectivity index (χ0) is 13.7. The quantitative estimate of drug-likeness (QED) is 0.826. The number of benzene rings is 1. The molecule has 100 valence electrons. The van der Waals surface area contributed by atoms with Gasteiger partial charge in [0, 0.05) is 18.9 Å². The third kappa shape index (κ3) is 3.48. The number of carboxylic acids is 1. The number of para-hydroxylation sites is 1. The molecule has 0 radical (unpaired) electrons. The second kappa shape index (κ2) is 6.24. The van der Waals surface area contributed by atoms with Gasteiger partial charge in [-0.1, -0.05) is 17.7 Å². The Bertz CT molecular complexity index is 555. The van der Waals surface area contributed by atoms with Gasteiger partial charge in [0.05, 0.1) is 18.0 Å². The molecule has 1 N–H and O–H groups in total. The van der Waals surface area contributed by atoms with E-state index in [-0.39, 0.29) is 11.3 Å². The zero-order valence-electron chi connectivity index (χ0n) is 10.1. The summed E-state index contributed by atoms with van der Waals surface area (Å²) in [5.41, 5.74) is 0.0788. The highest BCUT2D eigenvalue weighted by Crippen LogP contribution is 2.28. The minimum absolute atomic E-state index is 0.0788. The van der Waals surface area contributed by atoms with Crippen LogP contribution in [-0.2, 0) is 6.54 Å². The van der Waals surface area contributed by atoms with Gasteiger partial charge in [-0.2, -0.15) is 0 Å². The number of imidazole rings is 1. The van der Waals surface area contributed by atoms with Gasteiger partial charge in [0.2, 0.25) is 0 Å². The normalized spacial score (nSPS) is 10.4. The summed E-state index contributed by atoms with van der Waals surface area (Å²) in [7, 11) is 0. The van der Waals surface area contributed by atoms with Crippen molar-refractivity contribution in [2.75, 3.05) is 6.61 Å². The number of nitrogens with zero attached hydrogens (tertiary/aromatic N) is 2. The van der Waals surface area contributed by atoms with E-state index in [1.807, 2.05) is 10.8 Å². The Morgan fingerprint density at radius 3 is 3.00 bits per heavy atom. The lowest BCUT2D eigenvalue weighted by Crippen LogP contribution is -2.07. The molecule has 0 unspecified atom stereocenters. The van der Waals surface area contributed by atoms with Crippen molar-refractivity contribution in [3.63, 3.8) is 0 Å². The number of aromatic carboxylic acids is 1. The summed E-state index contributed by atoms with van der Waals surface area (Å²) in [6.07, 6.45) is 6.02. The van der Waals surface area contributed by atoms with E-state index < -0.39 is 5.97 Å². The molecule has 0 saturated carbocycles. The summed E-state index contributed by atoms with van der Waals surface area (Å²) in [6.45, 7) is 1.15. The number of ether oxygens (including phenoxy) is 1. The monoisotopic (exact) mass is 280 g/mol. The van der Waals surface area contributed by atoms with Crippen LogP contribution in [0, 0.1) is 0 Å². The number of aryl methyl sites for hydroxylation is 1. The van der Waals surface area contributed by atoms with Crippen LogP contribution < -0.4 is 4.74 Å². The molecule has 6 heteroatoms. The lowest BCUT2D eigenvalue weighted by molar-refractivity contribution is 0.0692. The molecule has 0 spiro atoms. The third-order valence-corrected chi connectivity index (χ3v) is 2.86. The number of hydrogen-bond donors (Lipinski definition) is 1. The van der Waals surface area contributed by atoms with Crippen molar-refractivity contribution in [1.29, 1.82) is 0 Å². The molecule has 0 aliphatic carbocycles. The smallest absolute Gasteiger partial charge is 0.339 e. The lowest BCUT2D eigenvalue weighted by Gasteiger charge is -2.10. The molecule has 0 bridgehead atoms. The van der Waals surface area contributed by atoms with E-state index in [2.05, 4.69) is 4.98 Å². The van der Waals surface area contributed by atoms with Gasteiger partial charge in [0.15, 0.2) is 5.75 Å². The van der Waals surface area contributed by atoms with Crippen molar-refractivity contribution >= 4 is 17.6 Å². The minimum atomic E-state index is -1.05. The number of carbonyl (C=O) groups is 1. The molecule has 1 heterocycles. The van der Waals surface area contributed by atoms with Crippen molar-refractivity contribution in [2.24, 2.45) is 0 Å². The van der Waals surface area contributed by atoms with Crippen LogP contribution in [0.25, 0.3) is 0 Å². The van der Waals surface area contributed by atoms with E-state index >= 15 is 0 Å². The van der Waals surface area contributed by atoms with Crippen molar-refractivity contribution in [2.45, 2.75) is 13.0 Å². The summed E-state index contributed by atoms with van der Waals surface area (Å²) in [5.74, 6) is -0.825. The topological polar surface area (TPSA) is 64.3 Å². The number of hydrogen-bond acceptors (Lipinski definition) is 3. The average Bonchev–Trinajstić information content (AvgIpc) is 2.88. The fourth-order valence-corrected chi connectivity index (χ4v) is 1.89. The van der Waals surface area contributed by atoms with Gasteiger partial charge < -0.3 is 14.4 Å². The molecule has 0 atom stereocenters. The van der Waals surface area contributed by atoms with Crippen LogP contribution in [0.3, 0.4) is 0 Å². The van der Waals surface area contributed by atoms with E-state index in [1.54, 1.807) is 24.7 Å². The van der Waals surface area contributed by atoms with Gasteiger partial charge >= 0.3 is 5.97 Å². The maximum absolute atomic E-state index is 11.0. The van der Waals surface area contributed by atoms with E-state index in [1.165, 1.54) is 6.07 Å². The van der Waals surface area contributed by atoms with Crippen LogP contribution in [0.1, 0.15) is 16.8 Å². The number of aromatic nitrogens is 2. The molecule has 5 nitrogen and oxygen atoms in total. The Hall–Kier alpha value is -2.01. The Morgan fingerprint density at radius 1 is 1.47 bits per heavy atom. The largest absolute Gasteiger partial charge is 0.491 e. The molecule has 0 fully saturated rings. The second-order valence-electron chi connectivity index (χ2n) is 3.92. The van der Waals surface area contributed by atoms with Crippen LogP contribution in [-0.4, -0.2) is 27.2 Å². The highest BCUT2D eigenvalue weighted by atomic mass is 35.5. The van der Waals surface area contributed by atoms with Crippen LogP contribution in [0.2, 0.25) is 5.02 Å². The van der Waals surface area contributed by atoms with Crippen LogP contribution in [0.5, 0.6) is 5.75 Å². The maximum atomic E-state index is 11.0. The predicted molar refractivity (Wildman–Crippen MR) is 70.8 cm³/mol. The fourth-order valence-electron chi connectivity index (χ4n) is 1.66. The maximum Gasteiger partial charge on any atom is 0.339 e. The summed E-state index contributed by atoms with van der Waals surface area (Å²) in [4.78, 5) is 15.0. The second-order valence-corrected chi connectivity index (χ2v) is 4.33. The van der Waals surface area contributed by atoms with Gasteiger partial charge in [-0.25, -0.2) is 9.78 Å². The van der Waals surface area contributed by atoms with Gasteiger partial charge in [0.1, 0.15) is 5.56 Å². The highest BCUT2D eigenvalue weighted by Gasteiger charge is 2.14. The van der Waals surface area contributed by atoms with E-state index in [9.17, 15) is 4.79 Å². The Kier molecular flexibility index (Phi) is 4.41. The first-order valence-electron chi connectivity index (χ1n) is 5.79. The number of carboxylic acid groups (broad SMARTS) is 1. The molecule has 2 aromatic rings. The van der Waals surface area contributed by atoms with E-state index in [0.29, 0.717) is 11.6 Å². The summed E-state index contributed by atoms with van der Waals surface area (Å²) in [5, 5.41) is 9.35. The van der Waals surface area contributed by atoms with Gasteiger partial charge in [-0.05, 0) is 18.6 Å². The van der Waals surface area contributed by atoms with Crippen molar-refractivity contribution < 1.29 is 14.6 Å². The van der Waals surface area contributed by atoms with Crippen LogP contribution >= 0.6 is 11.6 Å². The van der Waals surface area contributed by atoms with Crippen molar-refractivity contribution in [1.82, 2.24) is 9.55 Å². The molecule has 1 aromatic carbocycles. The minimum Gasteiger partial charge on any atom is -0.491 e. The molecular weight excluding hydrogens is 268 g/mol. The molecule has 19 heavy (non-hydrogen) atoms. The number of rotatable bonds is 6. The Labute approximate surface area is 115 Å². The predicted octanol–water partition coefficient (Wildman–Crippen LogP) is 2.70. The first-order chi connectivity index (χ1) is 9.18. The van der Waals surface area contributed by atoms with E-state index in [4.69, 9.17) is 21.4 Å². The Balaban J connectivity index is 1.93. The van der Waals surface area contributed by atoms with Crippen LogP contribution in [0.4, 0.5) is 0 Å². The molecular formula is C13H13ClN2O3. The molecule has 0 amide bonds. The van der Waals surface area contributed by atoms with E-state index in [0.717, 1.165) is 13.0 Å². The van der Waals surface area contributed by atoms with Gasteiger partial charge in [-0.3, -0.25) is 0 Å². The summed E-state index contributed by atoms with van der Waals surface area (Å²) in [6, 6.07) is 4.67. The third-order valence-electron chi connectivity index (χ3n) is 2.56. The Morgan fingerprint density at radius 2 is 2.32 bits per heavy atom. The lowest BCUT2D eigenvalue weighted by atomic mass is 10.2. The molecule has 2 rings (SSSR count). The first-order valence-corrected chi connectivity index (χ1v) is 6.16. The summed E-state index contributed by atoms with van der Waals surface area (Å²) < 4.78 is 7.41. The van der Waals surface area contributed by atoms with Gasteiger partial charge in [-0.15, -0.1) is 0 Å².